The van der Waals surface area contributed by atoms with Crippen LogP contribution >= 0.6 is 8.53 Å². The Kier molecular flexibility index (Phi) is 8.73. The molecule has 98 valence electrons. The first-order chi connectivity index (χ1) is 7.86. The molecule has 0 bridgehead atoms. The van der Waals surface area contributed by atoms with Gasteiger partial charge in [0.25, 0.3) is 8.53 Å². The second-order valence-electron chi connectivity index (χ2n) is 4.00. The topological polar surface area (TPSA) is 88.0 Å². The summed E-state index contributed by atoms with van der Waals surface area (Å²) in [6.45, 7) is 4.29. The van der Waals surface area contributed by atoms with E-state index in [4.69, 9.17) is 22.2 Å². The maximum absolute atomic E-state index is 10.4. The molecular formula is C9H19BNO5P. The summed E-state index contributed by atoms with van der Waals surface area (Å²) in [6.07, 6.45) is 0.667. The van der Waals surface area contributed by atoms with E-state index in [1.165, 1.54) is 0 Å². The third-order valence-electron chi connectivity index (χ3n) is 1.97. The van der Waals surface area contributed by atoms with E-state index >= 15 is 0 Å². The lowest BCUT2D eigenvalue weighted by Gasteiger charge is -2.20. The first-order valence-electron chi connectivity index (χ1n) is 5.26. The van der Waals surface area contributed by atoms with Crippen LogP contribution in [0.25, 0.3) is 0 Å². The van der Waals surface area contributed by atoms with E-state index < -0.39 is 20.4 Å². The zero-order chi connectivity index (χ0) is 13.4. The van der Waals surface area contributed by atoms with Gasteiger partial charge in [-0.25, -0.2) is 5.09 Å². The molecule has 8 heteroatoms. The first kappa shape index (κ1) is 16.8. The molecule has 0 saturated carbocycles. The number of aliphatic carboxylic acids is 1. The Morgan fingerprint density at radius 1 is 1.53 bits per heavy atom. The molecule has 0 saturated heterocycles. The van der Waals surface area contributed by atoms with Gasteiger partial charge in [0.15, 0.2) is 0 Å². The Morgan fingerprint density at radius 3 is 2.53 bits per heavy atom. The third kappa shape index (κ3) is 8.52. The molecule has 3 atom stereocenters. The smallest absolute Gasteiger partial charge is 0.311 e. The molecule has 17 heavy (non-hydrogen) atoms. The molecule has 6 nitrogen and oxygen atoms in total. The van der Waals surface area contributed by atoms with Crippen LogP contribution in [0.3, 0.4) is 0 Å². The second-order valence-corrected chi connectivity index (χ2v) is 5.06. The number of carboxylic acid groups (broad SMARTS) is 1. The summed E-state index contributed by atoms with van der Waals surface area (Å²) in [7, 11) is 4.68. The van der Waals surface area contributed by atoms with Gasteiger partial charge in [0.1, 0.15) is 7.85 Å². The van der Waals surface area contributed by atoms with Crippen LogP contribution in [0.5, 0.6) is 0 Å². The molecule has 0 heterocycles. The normalized spacial score (nSPS) is 16.8. The molecule has 3 unspecified atom stereocenters. The number of nitrogens with one attached hydrogen (secondary N) is 1. The van der Waals surface area contributed by atoms with E-state index in [1.807, 2.05) is 13.8 Å². The summed E-state index contributed by atoms with van der Waals surface area (Å²) < 4.78 is 10.2. The number of methoxy groups -OCH3 is 1. The van der Waals surface area contributed by atoms with E-state index in [2.05, 4.69) is 5.09 Å². The molecule has 2 radical (unpaired) electrons. The van der Waals surface area contributed by atoms with Crippen LogP contribution < -0.4 is 5.09 Å². The number of rotatable bonds is 9. The minimum Gasteiger partial charge on any atom is -0.481 e. The molecule has 0 amide bonds. The highest BCUT2D eigenvalue weighted by Crippen LogP contribution is 2.27. The lowest BCUT2D eigenvalue weighted by molar-refractivity contribution is -0.136. The van der Waals surface area contributed by atoms with Gasteiger partial charge in [0.2, 0.25) is 0 Å². The van der Waals surface area contributed by atoms with Crippen molar-refractivity contribution < 1.29 is 24.1 Å². The molecule has 0 aliphatic rings. The van der Waals surface area contributed by atoms with Gasteiger partial charge >= 0.3 is 5.97 Å². The second kappa shape index (κ2) is 8.83. The van der Waals surface area contributed by atoms with Gasteiger partial charge in [0, 0.05) is 7.11 Å². The minimum atomic E-state index is -2.05. The Balaban J connectivity index is 3.88. The molecule has 0 spiro atoms. The fourth-order valence-corrected chi connectivity index (χ4v) is 1.85. The number of hydrogen-bond donors (Lipinski definition) is 3. The van der Waals surface area contributed by atoms with Crippen molar-refractivity contribution in [3.8, 4) is 0 Å². The molecule has 3 N–H and O–H groups in total. The summed E-state index contributed by atoms with van der Waals surface area (Å²) in [5.41, 5.74) is 0. The summed E-state index contributed by atoms with van der Waals surface area (Å²) >= 11 is 0. The summed E-state index contributed by atoms with van der Waals surface area (Å²) in [4.78, 5) is 19.8. The van der Waals surface area contributed by atoms with Crippen molar-refractivity contribution in [3.05, 3.63) is 0 Å². The molecule has 0 aromatic carbocycles. The highest BCUT2D eigenvalue weighted by atomic mass is 31.2. The van der Waals surface area contributed by atoms with Crippen molar-refractivity contribution in [2.45, 2.75) is 32.3 Å². The average molecular weight is 263 g/mol. The van der Waals surface area contributed by atoms with Crippen molar-refractivity contribution in [1.29, 1.82) is 0 Å². The average Bonchev–Trinajstić information content (AvgIpc) is 2.23. The van der Waals surface area contributed by atoms with Crippen LogP contribution in [0.15, 0.2) is 0 Å². The van der Waals surface area contributed by atoms with Crippen molar-refractivity contribution in [2.24, 2.45) is 5.92 Å². The standard InChI is InChI=1S/C9H19BNO5P/c1-6(2)4-7(15-3)5-16-17(14)11-8(10)9(12)13/h6-8,11,14H,4-5H2,1-3H3,(H,12,13). The fraction of sp³-hybridized carbons (Fsp3) is 0.889. The number of carboxylic acids is 1. The van der Waals surface area contributed by atoms with Crippen LogP contribution in [0.4, 0.5) is 0 Å². The largest absolute Gasteiger partial charge is 0.481 e. The van der Waals surface area contributed by atoms with E-state index in [-0.39, 0.29) is 12.7 Å². The van der Waals surface area contributed by atoms with E-state index in [1.54, 1.807) is 7.11 Å². The lowest BCUT2D eigenvalue weighted by Crippen LogP contribution is -2.34. The lowest BCUT2D eigenvalue weighted by atomic mass is 9.99. The summed E-state index contributed by atoms with van der Waals surface area (Å²) in [5, 5.41) is 10.7. The van der Waals surface area contributed by atoms with Crippen LogP contribution in [0.2, 0.25) is 0 Å². The zero-order valence-electron chi connectivity index (χ0n) is 10.3. The quantitative estimate of drug-likeness (QED) is 0.413. The highest BCUT2D eigenvalue weighted by molar-refractivity contribution is 7.44. The van der Waals surface area contributed by atoms with E-state index in [0.29, 0.717) is 5.92 Å². The molecule has 0 fully saturated rings. The number of ether oxygens (including phenoxy) is 1. The Bertz CT molecular complexity index is 231. The van der Waals surface area contributed by atoms with Crippen molar-refractivity contribution in [2.75, 3.05) is 13.7 Å². The summed E-state index contributed by atoms with van der Waals surface area (Å²) in [5.74, 6) is -2.14. The number of carbonyl (C=O) groups is 1. The Morgan fingerprint density at radius 2 is 2.12 bits per heavy atom. The Labute approximate surface area is 104 Å². The maximum Gasteiger partial charge on any atom is 0.311 e. The molecular weight excluding hydrogens is 244 g/mol. The van der Waals surface area contributed by atoms with E-state index in [0.717, 1.165) is 6.42 Å². The van der Waals surface area contributed by atoms with Gasteiger partial charge in [0.05, 0.1) is 18.7 Å². The van der Waals surface area contributed by atoms with Gasteiger partial charge in [-0.15, -0.1) is 0 Å². The van der Waals surface area contributed by atoms with Crippen LogP contribution in [0.1, 0.15) is 20.3 Å². The Hall–Kier alpha value is -0.195. The zero-order valence-corrected chi connectivity index (χ0v) is 11.2. The monoisotopic (exact) mass is 263 g/mol. The van der Waals surface area contributed by atoms with Gasteiger partial charge in [-0.1, -0.05) is 13.8 Å². The highest BCUT2D eigenvalue weighted by Gasteiger charge is 2.18. The summed E-state index contributed by atoms with van der Waals surface area (Å²) in [6, 6.07) is 0. The van der Waals surface area contributed by atoms with E-state index in [9.17, 15) is 9.69 Å². The molecule has 0 aliphatic heterocycles. The number of hydrogen-bond acceptors (Lipinski definition) is 5. The first-order valence-corrected chi connectivity index (χ1v) is 6.47. The van der Waals surface area contributed by atoms with Crippen molar-refractivity contribution in [1.82, 2.24) is 5.09 Å². The molecule has 0 aromatic rings. The third-order valence-corrected chi connectivity index (χ3v) is 2.86. The fourth-order valence-electron chi connectivity index (χ4n) is 1.12. The van der Waals surface area contributed by atoms with Crippen LogP contribution in [-0.4, -0.2) is 49.6 Å². The minimum absolute atomic E-state index is 0.130. The predicted molar refractivity (Wildman–Crippen MR) is 65.7 cm³/mol. The van der Waals surface area contributed by atoms with Crippen molar-refractivity contribution >= 4 is 22.3 Å². The van der Waals surface area contributed by atoms with Gasteiger partial charge in [-0.2, -0.15) is 0 Å². The predicted octanol–water partition coefficient (Wildman–Crippen LogP) is 0.452. The molecule has 0 aliphatic carbocycles. The van der Waals surface area contributed by atoms with Gasteiger partial charge in [-0.3, -0.25) is 4.79 Å². The van der Waals surface area contributed by atoms with Gasteiger partial charge < -0.3 is 19.3 Å². The SMILES string of the molecule is [B]C(NP(O)OCC(CC(C)C)OC)C(=O)O. The molecule has 0 rings (SSSR count). The van der Waals surface area contributed by atoms with Crippen LogP contribution in [-0.2, 0) is 14.1 Å². The van der Waals surface area contributed by atoms with Crippen LogP contribution in [0, 0.1) is 5.92 Å². The molecule has 0 aromatic heterocycles. The van der Waals surface area contributed by atoms with Crippen molar-refractivity contribution in [3.63, 3.8) is 0 Å². The van der Waals surface area contributed by atoms with Gasteiger partial charge in [-0.05, 0) is 12.3 Å². The maximum atomic E-state index is 10.4.